The molecule has 4 heterocycles. The zero-order valence-electron chi connectivity index (χ0n) is 18.1. The summed E-state index contributed by atoms with van der Waals surface area (Å²) in [6.07, 6.45) is 6.72. The van der Waals surface area contributed by atoms with E-state index in [1.807, 2.05) is 11.9 Å². The molecule has 164 valence electrons. The van der Waals surface area contributed by atoms with E-state index in [4.69, 9.17) is 0 Å². The smallest absolute Gasteiger partial charge is 0.239 e. The molecule has 4 unspecified atom stereocenters. The zero-order chi connectivity index (χ0) is 20.4. The highest BCUT2D eigenvalue weighted by Gasteiger charge is 2.43. The van der Waals surface area contributed by atoms with Crippen molar-refractivity contribution >= 4 is 11.8 Å². The molecule has 4 rings (SSSR count). The van der Waals surface area contributed by atoms with Gasteiger partial charge in [-0.15, -0.1) is 0 Å². The van der Waals surface area contributed by atoms with Crippen LogP contribution < -0.4 is 10.6 Å². The monoisotopic (exact) mass is 406 g/mol. The Bertz CT molecular complexity index is 588. The second kappa shape index (κ2) is 9.29. The van der Waals surface area contributed by atoms with E-state index in [2.05, 4.69) is 32.4 Å². The lowest BCUT2D eigenvalue weighted by molar-refractivity contribution is -0.134. The molecule has 0 aromatic carbocycles. The van der Waals surface area contributed by atoms with Gasteiger partial charge >= 0.3 is 0 Å². The molecular formula is C21H38N6O2. The van der Waals surface area contributed by atoms with E-state index in [9.17, 15) is 9.59 Å². The fraction of sp³-hybridized carbons (Fsp3) is 0.905. The van der Waals surface area contributed by atoms with Gasteiger partial charge in [-0.05, 0) is 52.7 Å². The molecule has 0 aliphatic carbocycles. The number of rotatable bonds is 4. The van der Waals surface area contributed by atoms with Crippen molar-refractivity contribution in [2.24, 2.45) is 0 Å². The molecule has 0 aromatic rings. The average Bonchev–Trinajstić information content (AvgIpc) is 3.09. The van der Waals surface area contributed by atoms with Gasteiger partial charge in [-0.2, -0.15) is 0 Å². The maximum atomic E-state index is 12.8. The summed E-state index contributed by atoms with van der Waals surface area (Å²) in [5.74, 6) is 0.411. The van der Waals surface area contributed by atoms with Gasteiger partial charge in [-0.3, -0.25) is 24.3 Å². The van der Waals surface area contributed by atoms with Crippen LogP contribution in [0.4, 0.5) is 0 Å². The van der Waals surface area contributed by atoms with Crippen molar-refractivity contribution < 1.29 is 9.59 Å². The van der Waals surface area contributed by atoms with E-state index in [0.717, 1.165) is 52.1 Å². The summed E-state index contributed by atoms with van der Waals surface area (Å²) < 4.78 is 0. The molecule has 29 heavy (non-hydrogen) atoms. The molecule has 0 spiro atoms. The Balaban J connectivity index is 1.25. The van der Waals surface area contributed by atoms with Crippen molar-refractivity contribution in [1.29, 1.82) is 0 Å². The lowest BCUT2D eigenvalue weighted by Crippen LogP contribution is -2.56. The van der Waals surface area contributed by atoms with E-state index >= 15 is 0 Å². The van der Waals surface area contributed by atoms with Crippen molar-refractivity contribution in [3.05, 3.63) is 0 Å². The summed E-state index contributed by atoms with van der Waals surface area (Å²) in [5, 5.41) is 6.73. The van der Waals surface area contributed by atoms with Gasteiger partial charge < -0.3 is 15.5 Å². The lowest BCUT2D eigenvalue weighted by atomic mass is 10.0. The highest BCUT2D eigenvalue weighted by molar-refractivity contribution is 5.83. The molecule has 0 bridgehead atoms. The minimum atomic E-state index is -0.0535. The molecule has 0 saturated carbocycles. The van der Waals surface area contributed by atoms with Crippen molar-refractivity contribution in [3.8, 4) is 0 Å². The minimum absolute atomic E-state index is 0.0535. The van der Waals surface area contributed by atoms with Crippen molar-refractivity contribution in [2.45, 2.75) is 62.8 Å². The maximum absolute atomic E-state index is 12.8. The standard InChI is InChI=1S/C21H38N6O2/c1-24-10-8-17-20(24)21(29)23-15-16(25(17)2)6-7-19(28)27-13-11-26(12-14-27)18-5-3-4-9-22-18/h16-18,20,22H,3-15H2,1-2H3,(H,23,29). The molecule has 2 amide bonds. The van der Waals surface area contributed by atoms with E-state index < -0.39 is 0 Å². The quantitative estimate of drug-likeness (QED) is 0.657. The topological polar surface area (TPSA) is 71.2 Å². The second-order valence-corrected chi connectivity index (χ2v) is 9.27. The third-order valence-corrected chi connectivity index (χ3v) is 7.58. The molecule has 4 saturated heterocycles. The maximum Gasteiger partial charge on any atom is 0.239 e. The van der Waals surface area contributed by atoms with Crippen molar-refractivity contribution in [1.82, 2.24) is 30.2 Å². The molecule has 4 atom stereocenters. The number of nitrogens with zero attached hydrogens (tertiary/aromatic N) is 4. The Hall–Kier alpha value is -1.22. The molecule has 0 radical (unpaired) electrons. The number of piperidine rings is 1. The van der Waals surface area contributed by atoms with E-state index in [1.54, 1.807) is 0 Å². The van der Waals surface area contributed by atoms with Crippen LogP contribution >= 0.6 is 0 Å². The van der Waals surface area contributed by atoms with Crippen LogP contribution in [0.5, 0.6) is 0 Å². The first kappa shape index (κ1) is 21.0. The highest BCUT2D eigenvalue weighted by Crippen LogP contribution is 2.26. The van der Waals surface area contributed by atoms with Crippen molar-refractivity contribution in [2.75, 3.05) is 59.9 Å². The fourth-order valence-corrected chi connectivity index (χ4v) is 5.65. The van der Waals surface area contributed by atoms with Crippen LogP contribution in [0.15, 0.2) is 0 Å². The second-order valence-electron chi connectivity index (χ2n) is 9.27. The summed E-state index contributed by atoms with van der Waals surface area (Å²) in [5.41, 5.74) is 0. The third kappa shape index (κ3) is 4.60. The SMILES string of the molecule is CN1CCC2C1C(=O)NCC(CCC(=O)N1CCN(C3CCCCN3)CC1)N2C. The van der Waals surface area contributed by atoms with E-state index in [1.165, 1.54) is 19.3 Å². The first-order valence-electron chi connectivity index (χ1n) is 11.5. The molecule has 4 fully saturated rings. The van der Waals surface area contributed by atoms with Gasteiger partial charge in [0.1, 0.15) is 6.04 Å². The summed E-state index contributed by atoms with van der Waals surface area (Å²) in [6, 6.07) is 0.438. The van der Waals surface area contributed by atoms with Gasteiger partial charge in [-0.1, -0.05) is 0 Å². The first-order valence-corrected chi connectivity index (χ1v) is 11.5. The van der Waals surface area contributed by atoms with E-state index in [-0.39, 0.29) is 29.9 Å². The normalized spacial score (nSPS) is 35.2. The van der Waals surface area contributed by atoms with Gasteiger partial charge in [0, 0.05) is 57.8 Å². The summed E-state index contributed by atoms with van der Waals surface area (Å²) in [4.78, 5) is 34.4. The lowest BCUT2D eigenvalue weighted by Gasteiger charge is -2.41. The molecule has 8 nitrogen and oxygen atoms in total. The highest BCUT2D eigenvalue weighted by atomic mass is 16.2. The van der Waals surface area contributed by atoms with Crippen LogP contribution in [-0.2, 0) is 9.59 Å². The van der Waals surface area contributed by atoms with Crippen LogP contribution in [0, 0.1) is 0 Å². The van der Waals surface area contributed by atoms with Gasteiger partial charge in [0.15, 0.2) is 0 Å². The molecular weight excluding hydrogens is 368 g/mol. The molecule has 8 heteroatoms. The number of nitrogens with one attached hydrogen (secondary N) is 2. The van der Waals surface area contributed by atoms with Gasteiger partial charge in [0.25, 0.3) is 0 Å². The Morgan fingerprint density at radius 2 is 1.86 bits per heavy atom. The van der Waals surface area contributed by atoms with Crippen molar-refractivity contribution in [3.63, 3.8) is 0 Å². The number of carbonyl (C=O) groups is 2. The number of likely N-dealkylation sites (N-methyl/N-ethyl adjacent to an activating group) is 2. The first-order chi connectivity index (χ1) is 14.0. The van der Waals surface area contributed by atoms with Crippen LogP contribution in [0.2, 0.25) is 0 Å². The largest absolute Gasteiger partial charge is 0.353 e. The molecule has 4 aliphatic heterocycles. The summed E-state index contributed by atoms with van der Waals surface area (Å²) >= 11 is 0. The third-order valence-electron chi connectivity index (χ3n) is 7.58. The Labute approximate surface area is 174 Å². The number of carbonyl (C=O) groups excluding carboxylic acids is 2. The van der Waals surface area contributed by atoms with Crippen LogP contribution in [0.3, 0.4) is 0 Å². The summed E-state index contributed by atoms with van der Waals surface area (Å²) in [6.45, 7) is 6.33. The number of hydrogen-bond acceptors (Lipinski definition) is 6. The predicted octanol–water partition coefficient (Wildman–Crippen LogP) is -0.487. The van der Waals surface area contributed by atoms with E-state index in [0.29, 0.717) is 19.1 Å². The van der Waals surface area contributed by atoms with Crippen LogP contribution in [0.25, 0.3) is 0 Å². The van der Waals surface area contributed by atoms with Gasteiger partial charge in [0.2, 0.25) is 11.8 Å². The molecule has 2 N–H and O–H groups in total. The van der Waals surface area contributed by atoms with Crippen LogP contribution in [-0.4, -0.2) is 116 Å². The predicted molar refractivity (Wildman–Crippen MR) is 112 cm³/mol. The van der Waals surface area contributed by atoms with Crippen LogP contribution in [0.1, 0.15) is 38.5 Å². The Morgan fingerprint density at radius 1 is 1.07 bits per heavy atom. The fourth-order valence-electron chi connectivity index (χ4n) is 5.65. The summed E-state index contributed by atoms with van der Waals surface area (Å²) in [7, 11) is 4.16. The Morgan fingerprint density at radius 3 is 2.59 bits per heavy atom. The number of piperazine rings is 1. The number of amides is 2. The minimum Gasteiger partial charge on any atom is -0.353 e. The van der Waals surface area contributed by atoms with Gasteiger partial charge in [-0.25, -0.2) is 0 Å². The number of fused-ring (bicyclic) bond motifs is 1. The molecule has 4 aliphatic rings. The molecule has 0 aromatic heterocycles. The zero-order valence-corrected chi connectivity index (χ0v) is 18.1. The van der Waals surface area contributed by atoms with Gasteiger partial charge in [0.05, 0.1) is 6.17 Å². The Kier molecular flexibility index (Phi) is 6.73. The number of hydrogen-bond donors (Lipinski definition) is 2. The number of likely N-dealkylation sites (tertiary alicyclic amines) is 1. The average molecular weight is 407 g/mol.